The van der Waals surface area contributed by atoms with Gasteiger partial charge in [0.25, 0.3) is 0 Å². The van der Waals surface area contributed by atoms with Gasteiger partial charge in [-0.25, -0.2) is 0 Å². The van der Waals surface area contributed by atoms with Crippen LogP contribution in [0.1, 0.15) is 29.2 Å². The molecule has 3 heterocycles. The highest BCUT2D eigenvalue weighted by Gasteiger charge is 2.33. The number of benzene rings is 3. The fourth-order valence-corrected chi connectivity index (χ4v) is 5.35. The predicted octanol–water partition coefficient (Wildman–Crippen LogP) is 5.31. The summed E-state index contributed by atoms with van der Waals surface area (Å²) in [6, 6.07) is 19.8. The van der Waals surface area contributed by atoms with E-state index in [2.05, 4.69) is 77.5 Å². The van der Waals surface area contributed by atoms with Gasteiger partial charge in [-0.15, -0.1) is 0 Å². The highest BCUT2D eigenvalue weighted by atomic mass is 15.3. The summed E-state index contributed by atoms with van der Waals surface area (Å²) in [7, 11) is 0. The van der Waals surface area contributed by atoms with Gasteiger partial charge in [-0.3, -0.25) is 4.68 Å². The number of aromatic nitrogens is 2. The molecule has 0 amide bonds. The van der Waals surface area contributed by atoms with Crippen molar-refractivity contribution in [2.24, 2.45) is 0 Å². The highest BCUT2D eigenvalue weighted by Crippen LogP contribution is 2.49. The van der Waals surface area contributed by atoms with E-state index >= 15 is 0 Å². The van der Waals surface area contributed by atoms with Crippen LogP contribution in [-0.2, 0) is 0 Å². The molecule has 2 N–H and O–H groups in total. The van der Waals surface area contributed by atoms with Crippen molar-refractivity contribution in [2.75, 3.05) is 5.84 Å². The maximum atomic E-state index is 6.54. The summed E-state index contributed by atoms with van der Waals surface area (Å²) in [5, 5.41) is 5.22. The largest absolute Gasteiger partial charge is 0.339 e. The fourth-order valence-electron chi connectivity index (χ4n) is 5.35. The second-order valence-electron chi connectivity index (χ2n) is 7.66. The molecule has 0 saturated heterocycles. The lowest BCUT2D eigenvalue weighted by atomic mass is 9.81. The van der Waals surface area contributed by atoms with Crippen LogP contribution in [0.25, 0.3) is 44.3 Å². The van der Waals surface area contributed by atoms with Crippen molar-refractivity contribution in [3.63, 3.8) is 0 Å². The molecule has 3 nitrogen and oxygen atoms in total. The topological polar surface area (TPSA) is 35.9 Å². The van der Waals surface area contributed by atoms with Crippen LogP contribution in [0, 0.1) is 0 Å². The van der Waals surface area contributed by atoms with Crippen LogP contribution in [0.5, 0.6) is 0 Å². The summed E-state index contributed by atoms with van der Waals surface area (Å²) in [6.45, 7) is 0. The summed E-state index contributed by atoms with van der Waals surface area (Å²) in [5.41, 5.74) is 7.63. The molecule has 27 heavy (non-hydrogen) atoms. The van der Waals surface area contributed by atoms with Crippen molar-refractivity contribution in [1.82, 2.24) is 9.24 Å². The third kappa shape index (κ3) is 1.47. The third-order valence-corrected chi connectivity index (χ3v) is 6.45. The Hall–Kier alpha value is -3.46. The lowest BCUT2D eigenvalue weighted by Gasteiger charge is -2.23. The van der Waals surface area contributed by atoms with E-state index in [1.165, 1.54) is 43.9 Å². The summed E-state index contributed by atoms with van der Waals surface area (Å²) in [6.07, 6.45) is 7.69. The Kier molecular flexibility index (Phi) is 2.25. The smallest absolute Gasteiger partial charge is 0.0721 e. The van der Waals surface area contributed by atoms with Crippen molar-refractivity contribution < 1.29 is 0 Å². The average Bonchev–Trinajstić information content (AvgIpc) is 3.22. The lowest BCUT2D eigenvalue weighted by molar-refractivity contribution is 0.818. The summed E-state index contributed by atoms with van der Waals surface area (Å²) in [4.78, 5) is 0. The summed E-state index contributed by atoms with van der Waals surface area (Å²) >= 11 is 0. The SMILES string of the molecule is Nn1c2c3c4c5c(ccc41)ccn5-c1ccc4ccccc4c1C3CC=C2. The highest BCUT2D eigenvalue weighted by molar-refractivity contribution is 6.11. The second-order valence-corrected chi connectivity index (χ2v) is 7.66. The third-order valence-electron chi connectivity index (χ3n) is 6.45. The molecule has 1 atom stereocenters. The number of fused-ring (bicyclic) bond motifs is 5. The van der Waals surface area contributed by atoms with E-state index in [-0.39, 0.29) is 0 Å². The molecular formula is C24H17N3. The quantitative estimate of drug-likeness (QED) is 0.378. The van der Waals surface area contributed by atoms with E-state index in [0.717, 1.165) is 17.6 Å². The number of nitrogens with zero attached hydrogens (tertiary/aromatic N) is 2. The Balaban J connectivity index is 1.81. The number of nitrogens with two attached hydrogens (primary N) is 1. The maximum absolute atomic E-state index is 6.54. The maximum Gasteiger partial charge on any atom is 0.0721 e. The van der Waals surface area contributed by atoms with Gasteiger partial charge in [-0.2, -0.15) is 0 Å². The fraction of sp³-hybridized carbons (Fsp3) is 0.0833. The molecule has 0 spiro atoms. The monoisotopic (exact) mass is 347 g/mol. The molecule has 5 aromatic rings. The van der Waals surface area contributed by atoms with Gasteiger partial charge >= 0.3 is 0 Å². The van der Waals surface area contributed by atoms with E-state index in [0.29, 0.717) is 5.92 Å². The zero-order valence-corrected chi connectivity index (χ0v) is 14.7. The molecule has 1 aliphatic heterocycles. The first kappa shape index (κ1) is 13.7. The van der Waals surface area contributed by atoms with Gasteiger partial charge in [-0.1, -0.05) is 42.5 Å². The van der Waals surface area contributed by atoms with Gasteiger partial charge in [0, 0.05) is 22.9 Å². The molecule has 128 valence electrons. The van der Waals surface area contributed by atoms with Gasteiger partial charge < -0.3 is 10.4 Å². The zero-order valence-electron chi connectivity index (χ0n) is 14.7. The minimum Gasteiger partial charge on any atom is -0.339 e. The minimum absolute atomic E-state index is 0.323. The van der Waals surface area contributed by atoms with Crippen molar-refractivity contribution in [3.8, 4) is 5.69 Å². The molecule has 0 fully saturated rings. The average molecular weight is 347 g/mol. The molecule has 0 bridgehead atoms. The number of nitrogen functional groups attached to an aromatic ring is 1. The lowest BCUT2D eigenvalue weighted by Crippen LogP contribution is -2.14. The molecule has 0 radical (unpaired) electrons. The second kappa shape index (κ2) is 4.44. The van der Waals surface area contributed by atoms with Gasteiger partial charge in [0.15, 0.2) is 0 Å². The normalized spacial score (nSPS) is 17.1. The van der Waals surface area contributed by atoms with Crippen LogP contribution in [0.3, 0.4) is 0 Å². The Morgan fingerprint density at radius 1 is 0.889 bits per heavy atom. The molecule has 2 aromatic heterocycles. The number of hydrogen-bond donors (Lipinski definition) is 1. The van der Waals surface area contributed by atoms with E-state index in [9.17, 15) is 0 Å². The first-order chi connectivity index (χ1) is 13.3. The number of hydrogen-bond acceptors (Lipinski definition) is 1. The molecular weight excluding hydrogens is 330 g/mol. The van der Waals surface area contributed by atoms with E-state index < -0.39 is 0 Å². The van der Waals surface area contributed by atoms with Crippen molar-refractivity contribution in [2.45, 2.75) is 12.3 Å². The molecule has 2 aliphatic rings. The molecule has 3 aromatic carbocycles. The molecule has 3 heteroatoms. The van der Waals surface area contributed by atoms with Crippen LogP contribution in [0.4, 0.5) is 0 Å². The summed E-state index contributed by atoms with van der Waals surface area (Å²) in [5.74, 6) is 6.87. The molecule has 1 aliphatic carbocycles. The number of rotatable bonds is 0. The van der Waals surface area contributed by atoms with Crippen LogP contribution in [-0.4, -0.2) is 9.24 Å². The predicted molar refractivity (Wildman–Crippen MR) is 112 cm³/mol. The van der Waals surface area contributed by atoms with Crippen LogP contribution >= 0.6 is 0 Å². The zero-order chi connectivity index (χ0) is 17.7. The number of allylic oxidation sites excluding steroid dienone is 1. The van der Waals surface area contributed by atoms with Crippen molar-refractivity contribution in [1.29, 1.82) is 0 Å². The molecule has 7 rings (SSSR count). The van der Waals surface area contributed by atoms with Gasteiger partial charge in [0.2, 0.25) is 0 Å². The van der Waals surface area contributed by atoms with Crippen LogP contribution < -0.4 is 5.84 Å². The van der Waals surface area contributed by atoms with Gasteiger partial charge in [0.1, 0.15) is 0 Å². The van der Waals surface area contributed by atoms with E-state index in [1.54, 1.807) is 0 Å². The Bertz CT molecular complexity index is 1460. The first-order valence-electron chi connectivity index (χ1n) is 9.45. The van der Waals surface area contributed by atoms with Crippen molar-refractivity contribution >= 4 is 38.7 Å². The van der Waals surface area contributed by atoms with E-state index in [1.807, 2.05) is 4.68 Å². The Morgan fingerprint density at radius 3 is 2.74 bits per heavy atom. The van der Waals surface area contributed by atoms with Gasteiger partial charge in [-0.05, 0) is 52.6 Å². The van der Waals surface area contributed by atoms with E-state index in [4.69, 9.17) is 5.84 Å². The Labute approximate surface area is 155 Å². The van der Waals surface area contributed by atoms with Gasteiger partial charge in [0.05, 0.1) is 22.4 Å². The van der Waals surface area contributed by atoms with Crippen LogP contribution in [0.15, 0.2) is 66.9 Å². The summed E-state index contributed by atoms with van der Waals surface area (Å²) < 4.78 is 4.25. The first-order valence-corrected chi connectivity index (χ1v) is 9.45. The van der Waals surface area contributed by atoms with Crippen LogP contribution in [0.2, 0.25) is 0 Å². The Morgan fingerprint density at radius 2 is 1.78 bits per heavy atom. The minimum atomic E-state index is 0.323. The van der Waals surface area contributed by atoms with Crippen molar-refractivity contribution in [3.05, 3.63) is 83.7 Å². The molecule has 0 saturated carbocycles. The standard InChI is InChI=1S/C24H17N3/c25-27-19-7-3-6-17-21-16-5-2-1-4-14(16)8-10-18(21)26-13-12-15-9-11-20(27)23(22(17)19)24(15)26/h1-5,7-13,17H,6,25H2. The molecule has 1 unspecified atom stereocenters.